The summed E-state index contributed by atoms with van der Waals surface area (Å²) in [4.78, 5) is 11.9. The summed E-state index contributed by atoms with van der Waals surface area (Å²) in [5.74, 6) is 0. The lowest BCUT2D eigenvalue weighted by Crippen LogP contribution is -2.20. The molecular weight excluding hydrogens is 219 g/mol. The summed E-state index contributed by atoms with van der Waals surface area (Å²) in [6.07, 6.45) is -3.68. The van der Waals surface area contributed by atoms with Gasteiger partial charge in [0.1, 0.15) is 0 Å². The van der Waals surface area contributed by atoms with Crippen molar-refractivity contribution in [3.05, 3.63) is 35.4 Å². The molecule has 0 radical (unpaired) electrons. The molecule has 16 heavy (non-hydrogen) atoms. The quantitative estimate of drug-likeness (QED) is 0.732. The Labute approximate surface area is 91.7 Å². The molecule has 1 unspecified atom stereocenters. The van der Waals surface area contributed by atoms with Gasteiger partial charge in [-0.15, -0.1) is 0 Å². The van der Waals surface area contributed by atoms with Crippen molar-refractivity contribution in [2.75, 3.05) is 7.05 Å². The van der Waals surface area contributed by atoms with Gasteiger partial charge >= 0.3 is 6.18 Å². The maximum atomic E-state index is 12.3. The molecular formula is C11H12F3NO. The Balaban J connectivity index is 2.91. The highest BCUT2D eigenvalue weighted by atomic mass is 19.4. The minimum Gasteiger partial charge on any atom is -0.342 e. The van der Waals surface area contributed by atoms with Crippen LogP contribution in [0, 0.1) is 0 Å². The van der Waals surface area contributed by atoms with Crippen LogP contribution in [0.4, 0.5) is 13.2 Å². The zero-order chi connectivity index (χ0) is 12.3. The molecule has 0 aliphatic carbocycles. The van der Waals surface area contributed by atoms with Gasteiger partial charge in [0.25, 0.3) is 0 Å². The third-order valence-electron chi connectivity index (χ3n) is 2.50. The highest BCUT2D eigenvalue weighted by Crippen LogP contribution is 2.30. The first-order valence-corrected chi connectivity index (χ1v) is 4.70. The third kappa shape index (κ3) is 2.74. The highest BCUT2D eigenvalue weighted by molar-refractivity contribution is 5.48. The summed E-state index contributed by atoms with van der Waals surface area (Å²) in [6.45, 7) is 1.75. The molecule has 0 aliphatic heterocycles. The Morgan fingerprint density at radius 3 is 2.12 bits per heavy atom. The van der Waals surface area contributed by atoms with E-state index in [-0.39, 0.29) is 6.04 Å². The van der Waals surface area contributed by atoms with Crippen LogP contribution in [-0.4, -0.2) is 18.4 Å². The van der Waals surface area contributed by atoms with E-state index in [0.717, 1.165) is 12.1 Å². The molecule has 0 N–H and O–H groups in total. The summed E-state index contributed by atoms with van der Waals surface area (Å²) >= 11 is 0. The average molecular weight is 231 g/mol. The number of carbonyl (C=O) groups excluding carboxylic acids is 1. The number of nitrogens with zero attached hydrogens (tertiary/aromatic N) is 1. The van der Waals surface area contributed by atoms with Crippen LogP contribution in [-0.2, 0) is 11.0 Å². The average Bonchev–Trinajstić information content (AvgIpc) is 2.26. The predicted octanol–water partition coefficient (Wildman–Crippen LogP) is 2.85. The van der Waals surface area contributed by atoms with Gasteiger partial charge in [-0.1, -0.05) is 12.1 Å². The fourth-order valence-corrected chi connectivity index (χ4v) is 1.28. The Morgan fingerprint density at radius 1 is 1.25 bits per heavy atom. The molecule has 1 aromatic carbocycles. The van der Waals surface area contributed by atoms with Gasteiger partial charge in [-0.2, -0.15) is 13.2 Å². The lowest BCUT2D eigenvalue weighted by Gasteiger charge is -2.20. The zero-order valence-corrected chi connectivity index (χ0v) is 8.95. The van der Waals surface area contributed by atoms with Crippen molar-refractivity contribution in [1.82, 2.24) is 4.90 Å². The molecule has 0 aliphatic rings. The van der Waals surface area contributed by atoms with Crippen molar-refractivity contribution >= 4 is 6.41 Å². The molecule has 0 aromatic heterocycles. The summed E-state index contributed by atoms with van der Waals surface area (Å²) in [6, 6.07) is 4.57. The number of carbonyl (C=O) groups is 1. The van der Waals surface area contributed by atoms with Gasteiger partial charge in [-0.25, -0.2) is 0 Å². The second-order valence-corrected chi connectivity index (χ2v) is 3.57. The number of amides is 1. The molecule has 1 atom stereocenters. The van der Waals surface area contributed by atoms with E-state index in [1.807, 2.05) is 0 Å². The van der Waals surface area contributed by atoms with Crippen LogP contribution in [0.1, 0.15) is 24.1 Å². The molecule has 0 bridgehead atoms. The maximum Gasteiger partial charge on any atom is 0.416 e. The summed E-state index contributed by atoms with van der Waals surface area (Å²) in [7, 11) is 1.58. The van der Waals surface area contributed by atoms with Crippen molar-refractivity contribution in [3.63, 3.8) is 0 Å². The number of benzene rings is 1. The van der Waals surface area contributed by atoms with E-state index in [1.165, 1.54) is 17.0 Å². The van der Waals surface area contributed by atoms with Gasteiger partial charge in [0, 0.05) is 7.05 Å². The van der Waals surface area contributed by atoms with Gasteiger partial charge in [-0.05, 0) is 24.6 Å². The minimum atomic E-state index is -4.32. The summed E-state index contributed by atoms with van der Waals surface area (Å²) in [5, 5.41) is 0. The Kier molecular flexibility index (Phi) is 3.57. The fraction of sp³-hybridized carbons (Fsp3) is 0.364. The molecule has 1 aromatic rings. The maximum absolute atomic E-state index is 12.3. The van der Waals surface area contributed by atoms with Crippen LogP contribution in [0.25, 0.3) is 0 Å². The van der Waals surface area contributed by atoms with Crippen molar-refractivity contribution in [3.8, 4) is 0 Å². The van der Waals surface area contributed by atoms with Gasteiger partial charge in [0.15, 0.2) is 0 Å². The Hall–Kier alpha value is -1.52. The van der Waals surface area contributed by atoms with E-state index in [2.05, 4.69) is 0 Å². The molecule has 1 amide bonds. The van der Waals surface area contributed by atoms with Crippen LogP contribution in [0.15, 0.2) is 24.3 Å². The third-order valence-corrected chi connectivity index (χ3v) is 2.50. The number of halogens is 3. The van der Waals surface area contributed by atoms with Crippen molar-refractivity contribution in [2.24, 2.45) is 0 Å². The minimum absolute atomic E-state index is 0.236. The second-order valence-electron chi connectivity index (χ2n) is 3.57. The molecule has 0 spiro atoms. The highest BCUT2D eigenvalue weighted by Gasteiger charge is 2.30. The topological polar surface area (TPSA) is 20.3 Å². The van der Waals surface area contributed by atoms with Crippen molar-refractivity contribution in [1.29, 1.82) is 0 Å². The van der Waals surface area contributed by atoms with Gasteiger partial charge in [0.05, 0.1) is 11.6 Å². The van der Waals surface area contributed by atoms with Crippen molar-refractivity contribution < 1.29 is 18.0 Å². The second kappa shape index (κ2) is 4.55. The van der Waals surface area contributed by atoms with Gasteiger partial charge in [-0.3, -0.25) is 4.79 Å². The van der Waals surface area contributed by atoms with Crippen LogP contribution in [0.3, 0.4) is 0 Å². The molecule has 88 valence electrons. The van der Waals surface area contributed by atoms with Crippen LogP contribution >= 0.6 is 0 Å². The summed E-state index contributed by atoms with van der Waals surface area (Å²) < 4.78 is 36.8. The lowest BCUT2D eigenvalue weighted by atomic mass is 10.1. The van der Waals surface area contributed by atoms with E-state index >= 15 is 0 Å². The molecule has 2 nitrogen and oxygen atoms in total. The molecule has 5 heteroatoms. The van der Waals surface area contributed by atoms with E-state index in [4.69, 9.17) is 0 Å². The predicted molar refractivity (Wildman–Crippen MR) is 53.7 cm³/mol. The monoisotopic (exact) mass is 231 g/mol. The van der Waals surface area contributed by atoms with Crippen LogP contribution < -0.4 is 0 Å². The lowest BCUT2D eigenvalue weighted by molar-refractivity contribution is -0.137. The fourth-order valence-electron chi connectivity index (χ4n) is 1.28. The molecule has 0 saturated heterocycles. The number of hydrogen-bond acceptors (Lipinski definition) is 1. The van der Waals surface area contributed by atoms with E-state index in [0.29, 0.717) is 12.0 Å². The first kappa shape index (κ1) is 12.5. The molecule has 0 heterocycles. The first-order chi connectivity index (χ1) is 7.36. The van der Waals surface area contributed by atoms with Gasteiger partial charge < -0.3 is 4.90 Å². The normalized spacial score (nSPS) is 13.3. The SMILES string of the molecule is CC(c1ccc(C(F)(F)F)cc1)N(C)C=O. The largest absolute Gasteiger partial charge is 0.416 e. The van der Waals surface area contributed by atoms with Crippen LogP contribution in [0.5, 0.6) is 0 Å². The van der Waals surface area contributed by atoms with Crippen LogP contribution in [0.2, 0.25) is 0 Å². The van der Waals surface area contributed by atoms with E-state index < -0.39 is 11.7 Å². The Morgan fingerprint density at radius 2 is 1.75 bits per heavy atom. The Bertz CT molecular complexity index is 358. The number of hydrogen-bond donors (Lipinski definition) is 0. The van der Waals surface area contributed by atoms with E-state index in [9.17, 15) is 18.0 Å². The van der Waals surface area contributed by atoms with Gasteiger partial charge in [0.2, 0.25) is 6.41 Å². The zero-order valence-electron chi connectivity index (χ0n) is 8.95. The molecule has 1 rings (SSSR count). The number of rotatable bonds is 3. The standard InChI is InChI=1S/C11H12F3NO/c1-8(15(2)7-16)9-3-5-10(6-4-9)11(12,13)14/h3-8H,1-2H3. The molecule has 0 saturated carbocycles. The van der Waals surface area contributed by atoms with Crippen molar-refractivity contribution in [2.45, 2.75) is 19.1 Å². The number of alkyl halides is 3. The van der Waals surface area contributed by atoms with E-state index in [1.54, 1.807) is 14.0 Å². The first-order valence-electron chi connectivity index (χ1n) is 4.70. The smallest absolute Gasteiger partial charge is 0.342 e. The summed E-state index contributed by atoms with van der Waals surface area (Å²) in [5.41, 5.74) is -0.0141. The molecule has 0 fully saturated rings.